The molecule has 0 N–H and O–H groups in total. The Labute approximate surface area is 373 Å². The van der Waals surface area contributed by atoms with Crippen molar-refractivity contribution in [2.24, 2.45) is 0 Å². The summed E-state index contributed by atoms with van der Waals surface area (Å²) in [5.74, 6) is 1.85. The summed E-state index contributed by atoms with van der Waals surface area (Å²) in [5, 5.41) is 17.5. The highest BCUT2D eigenvalue weighted by Gasteiger charge is 2.18. The van der Waals surface area contributed by atoms with Gasteiger partial charge in [0.1, 0.15) is 11.2 Å². The third-order valence-electron chi connectivity index (χ3n) is 13.4. The Kier molecular flexibility index (Phi) is 7.65. The fraction of sp³-hybridized carbons (Fsp3) is 0. The summed E-state index contributed by atoms with van der Waals surface area (Å²) in [6.07, 6.45) is 0. The van der Waals surface area contributed by atoms with Crippen LogP contribution in [-0.2, 0) is 0 Å². The lowest BCUT2D eigenvalue weighted by Gasteiger charge is -2.17. The quantitative estimate of drug-likeness (QED) is 0.162. The summed E-state index contributed by atoms with van der Waals surface area (Å²) in [4.78, 5) is 15.2. The van der Waals surface area contributed by atoms with Crippen LogP contribution in [0.2, 0.25) is 0 Å². The summed E-state index contributed by atoms with van der Waals surface area (Å²) in [7, 11) is 0. The van der Waals surface area contributed by atoms with Gasteiger partial charge in [-0.3, -0.25) is 0 Å². The molecule has 0 saturated heterocycles. The van der Waals surface area contributed by atoms with E-state index < -0.39 is 0 Å². The maximum Gasteiger partial charge on any atom is 0.164 e. The molecule has 4 heteroatoms. The van der Waals surface area contributed by atoms with Gasteiger partial charge < -0.3 is 4.42 Å². The highest BCUT2D eigenvalue weighted by atomic mass is 16.3. The van der Waals surface area contributed by atoms with E-state index in [-0.39, 0.29) is 0 Å². The summed E-state index contributed by atoms with van der Waals surface area (Å²) in [6, 6.07) is 76.1. The van der Waals surface area contributed by atoms with Gasteiger partial charge in [-0.05, 0) is 129 Å². The third-order valence-corrected chi connectivity index (χ3v) is 13.4. The molecule has 0 aliphatic carbocycles. The van der Waals surface area contributed by atoms with Crippen LogP contribution >= 0.6 is 0 Å². The molecule has 0 bridgehead atoms. The van der Waals surface area contributed by atoms with Crippen LogP contribution in [0.1, 0.15) is 0 Å². The van der Waals surface area contributed by atoms with Gasteiger partial charge in [0.05, 0.1) is 0 Å². The second-order valence-corrected chi connectivity index (χ2v) is 17.1. The Morgan fingerprint density at radius 2 is 0.677 bits per heavy atom. The molecule has 14 rings (SSSR count). The van der Waals surface area contributed by atoms with Crippen LogP contribution in [0.4, 0.5) is 0 Å². The Balaban J connectivity index is 0.893. The first-order valence-corrected chi connectivity index (χ1v) is 22.1. The van der Waals surface area contributed by atoms with Crippen LogP contribution in [-0.4, -0.2) is 15.0 Å². The number of benzene rings is 11. The molecule has 14 aromatic rings. The second-order valence-electron chi connectivity index (χ2n) is 17.1. The van der Waals surface area contributed by atoms with Crippen LogP contribution in [0.25, 0.3) is 143 Å². The lowest BCUT2D eigenvalue weighted by atomic mass is 9.86. The van der Waals surface area contributed by atoms with Crippen molar-refractivity contribution < 1.29 is 4.42 Å². The average Bonchev–Trinajstić information content (AvgIpc) is 3.75. The summed E-state index contributed by atoms with van der Waals surface area (Å²) in [6.45, 7) is 0. The van der Waals surface area contributed by atoms with Gasteiger partial charge in [-0.25, -0.2) is 15.0 Å². The smallest absolute Gasteiger partial charge is 0.164 e. The number of nitrogens with zero attached hydrogens (tertiary/aromatic N) is 3. The van der Waals surface area contributed by atoms with Crippen molar-refractivity contribution in [3.05, 3.63) is 212 Å². The van der Waals surface area contributed by atoms with Crippen molar-refractivity contribution in [3.8, 4) is 56.4 Å². The van der Waals surface area contributed by atoms with Crippen molar-refractivity contribution in [1.29, 1.82) is 0 Å². The van der Waals surface area contributed by atoms with E-state index >= 15 is 0 Å². The Hall–Kier alpha value is -8.73. The van der Waals surface area contributed by atoms with Crippen LogP contribution < -0.4 is 0 Å². The highest BCUT2D eigenvalue weighted by molar-refractivity contribution is 6.37. The van der Waals surface area contributed by atoms with E-state index in [1.54, 1.807) is 0 Å². The van der Waals surface area contributed by atoms with Gasteiger partial charge in [0.25, 0.3) is 0 Å². The first kappa shape index (κ1) is 35.8. The zero-order valence-corrected chi connectivity index (χ0v) is 35.0. The number of hydrogen-bond acceptors (Lipinski definition) is 4. The molecule has 2 aromatic heterocycles. The lowest BCUT2D eigenvalue weighted by Crippen LogP contribution is -2.00. The first-order chi connectivity index (χ1) is 32.2. The molecular weight excluding hydrogens is 791 g/mol. The molecule has 4 nitrogen and oxygen atoms in total. The normalized spacial score (nSPS) is 12.0. The molecule has 0 unspecified atom stereocenters. The molecule has 0 aliphatic rings. The molecule has 0 aliphatic heterocycles. The molecule has 0 amide bonds. The van der Waals surface area contributed by atoms with Crippen molar-refractivity contribution >= 4 is 86.6 Å². The largest absolute Gasteiger partial charge is 0.456 e. The van der Waals surface area contributed by atoms with E-state index in [9.17, 15) is 0 Å². The fourth-order valence-electron chi connectivity index (χ4n) is 10.4. The van der Waals surface area contributed by atoms with Gasteiger partial charge in [0, 0.05) is 27.5 Å². The van der Waals surface area contributed by atoms with Crippen LogP contribution in [0.5, 0.6) is 0 Å². The van der Waals surface area contributed by atoms with E-state index in [0.29, 0.717) is 17.5 Å². The molecule has 65 heavy (non-hydrogen) atoms. The minimum absolute atomic E-state index is 0.609. The van der Waals surface area contributed by atoms with Gasteiger partial charge >= 0.3 is 0 Å². The minimum Gasteiger partial charge on any atom is -0.456 e. The first-order valence-electron chi connectivity index (χ1n) is 22.1. The Bertz CT molecular complexity index is 4220. The van der Waals surface area contributed by atoms with Gasteiger partial charge in [-0.2, -0.15) is 0 Å². The van der Waals surface area contributed by atoms with Crippen molar-refractivity contribution in [2.75, 3.05) is 0 Å². The minimum atomic E-state index is 0.609. The summed E-state index contributed by atoms with van der Waals surface area (Å²) < 4.78 is 6.15. The predicted molar refractivity (Wildman–Crippen MR) is 271 cm³/mol. The molecule has 0 saturated carbocycles. The average molecular weight is 826 g/mol. The lowest BCUT2D eigenvalue weighted by molar-refractivity contribution is 0.669. The zero-order valence-electron chi connectivity index (χ0n) is 35.0. The molecule has 0 atom stereocenters. The number of para-hydroxylation sites is 1. The van der Waals surface area contributed by atoms with E-state index in [4.69, 9.17) is 19.4 Å². The molecule has 0 radical (unpaired) electrons. The fourth-order valence-corrected chi connectivity index (χ4v) is 10.4. The van der Waals surface area contributed by atoms with E-state index in [1.165, 1.54) is 75.8 Å². The highest BCUT2D eigenvalue weighted by Crippen LogP contribution is 2.45. The molecule has 2 heterocycles. The number of rotatable bonds is 5. The maximum absolute atomic E-state index is 6.15. The van der Waals surface area contributed by atoms with Crippen LogP contribution in [0.15, 0.2) is 217 Å². The summed E-state index contributed by atoms with van der Waals surface area (Å²) >= 11 is 0. The number of fused-ring (bicyclic) bond motifs is 5. The monoisotopic (exact) mass is 825 g/mol. The second kappa shape index (κ2) is 13.9. The van der Waals surface area contributed by atoms with Crippen LogP contribution in [0.3, 0.4) is 0 Å². The maximum atomic E-state index is 6.15. The molecule has 12 aromatic carbocycles. The Morgan fingerprint density at radius 1 is 0.231 bits per heavy atom. The number of furan rings is 1. The summed E-state index contributed by atoms with van der Waals surface area (Å²) in [5.41, 5.74) is 9.00. The molecule has 300 valence electrons. The van der Waals surface area contributed by atoms with Crippen molar-refractivity contribution in [3.63, 3.8) is 0 Å². The van der Waals surface area contributed by atoms with Crippen LogP contribution in [0, 0.1) is 0 Å². The van der Waals surface area contributed by atoms with Gasteiger partial charge in [-0.1, -0.05) is 170 Å². The van der Waals surface area contributed by atoms with E-state index in [1.807, 2.05) is 60.7 Å². The Morgan fingerprint density at radius 3 is 1.35 bits per heavy atom. The van der Waals surface area contributed by atoms with E-state index in [0.717, 1.165) is 49.8 Å². The SMILES string of the molecule is c1ccc(-c2nc(-c3cccc(-c4ccc(-c5cc6ccc7cccc8c9cccc%10ccc%11cccc(c(c5)c6c78)c%11c%109)cc4)c3)nc(-c3ccc4oc5ccccc5c4c3)n2)cc1. The van der Waals surface area contributed by atoms with Gasteiger partial charge in [0.2, 0.25) is 0 Å². The van der Waals surface area contributed by atoms with Crippen molar-refractivity contribution in [2.45, 2.75) is 0 Å². The number of aromatic nitrogens is 3. The van der Waals surface area contributed by atoms with Gasteiger partial charge in [0.15, 0.2) is 17.5 Å². The van der Waals surface area contributed by atoms with Crippen molar-refractivity contribution in [1.82, 2.24) is 15.0 Å². The third kappa shape index (κ3) is 5.61. The van der Waals surface area contributed by atoms with Gasteiger partial charge in [-0.15, -0.1) is 0 Å². The zero-order chi connectivity index (χ0) is 42.6. The van der Waals surface area contributed by atoms with E-state index in [2.05, 4.69) is 152 Å². The molecule has 0 spiro atoms. The molecule has 0 fully saturated rings. The molecular formula is C61H35N3O. The predicted octanol–water partition coefficient (Wildman–Crippen LogP) is 16.5. The standard InChI is InChI=1S/C61H35N3O/c1-2-10-41(11-3-1)59-62-60(64-61(63-59)45-30-31-54-51(34-45)47-17-4-5-21-53(47)65-54)44-16-6-15-42(32-44)36-22-24-37(25-23-36)46-33-43-29-28-40-13-8-19-49-48-18-7-12-38-26-27-39-14-9-20-50(57(39)55(38)48)52(35-46)58(43)56(40)49/h1-35H. The topological polar surface area (TPSA) is 51.8 Å². The number of hydrogen-bond donors (Lipinski definition) is 0.